The minimum absolute atomic E-state index is 0.0998. The Labute approximate surface area is 234 Å². The van der Waals surface area contributed by atoms with Crippen LogP contribution in [0.15, 0.2) is 48.5 Å². The second-order valence-electron chi connectivity index (χ2n) is 11.4. The van der Waals surface area contributed by atoms with Crippen molar-refractivity contribution in [2.45, 2.75) is 70.3 Å². The number of anilines is 2. The number of carbonyl (C=O) groups is 3. The molecule has 0 bridgehead atoms. The molecule has 0 radical (unpaired) electrons. The molecule has 3 atom stereocenters. The number of Topliss-reactive ketones (excluding diaryl/α,β-unsaturated/α-hetero) is 1. The molecule has 2 heterocycles. The highest BCUT2D eigenvalue weighted by molar-refractivity contribution is 6.31. The number of rotatable bonds is 2. The van der Waals surface area contributed by atoms with E-state index in [1.165, 1.54) is 0 Å². The van der Waals surface area contributed by atoms with Crippen molar-refractivity contribution in [1.82, 2.24) is 0 Å². The Kier molecular flexibility index (Phi) is 7.86. The fourth-order valence-corrected chi connectivity index (χ4v) is 7.20. The van der Waals surface area contributed by atoms with Crippen molar-refractivity contribution >= 4 is 52.2 Å². The van der Waals surface area contributed by atoms with Gasteiger partial charge in [0.2, 0.25) is 11.8 Å². The van der Waals surface area contributed by atoms with E-state index in [4.69, 9.17) is 28.9 Å². The molecule has 2 N–H and O–H groups in total. The number of carbonyl (C=O) groups excluding carboxylic acids is 3. The molecule has 2 saturated heterocycles. The van der Waals surface area contributed by atoms with E-state index in [1.807, 2.05) is 47.4 Å². The highest BCUT2D eigenvalue weighted by Gasteiger charge is 2.50. The molecule has 2 aliphatic carbocycles. The Bertz CT molecular complexity index is 1240. The van der Waals surface area contributed by atoms with Gasteiger partial charge in [-0.25, -0.2) is 0 Å². The van der Waals surface area contributed by atoms with Crippen molar-refractivity contribution in [2.24, 2.45) is 16.6 Å². The molecule has 2 saturated carbocycles. The van der Waals surface area contributed by atoms with Gasteiger partial charge in [0.05, 0.1) is 10.8 Å². The summed E-state index contributed by atoms with van der Waals surface area (Å²) >= 11 is 12.0. The SMILES string of the molecule is NC1CCCC2(CCN(c3cccc(Cl)c3)C2=O)C1.O=C1CCCC2(CCN(c3cccc(Cl)c3)C2=O)C1. The number of nitrogens with two attached hydrogens (primary N) is 1. The van der Waals surface area contributed by atoms with Gasteiger partial charge in [-0.05, 0) is 81.3 Å². The van der Waals surface area contributed by atoms with Gasteiger partial charge in [-0.15, -0.1) is 0 Å². The lowest BCUT2D eigenvalue weighted by Gasteiger charge is -2.35. The van der Waals surface area contributed by atoms with Crippen LogP contribution in [0.5, 0.6) is 0 Å². The van der Waals surface area contributed by atoms with Crippen LogP contribution in [0.25, 0.3) is 0 Å². The summed E-state index contributed by atoms with van der Waals surface area (Å²) < 4.78 is 0. The lowest BCUT2D eigenvalue weighted by Crippen LogP contribution is -2.42. The largest absolute Gasteiger partial charge is 0.328 e. The van der Waals surface area contributed by atoms with Gasteiger partial charge in [0, 0.05) is 53.4 Å². The van der Waals surface area contributed by atoms with Crippen LogP contribution in [0, 0.1) is 10.8 Å². The number of benzene rings is 2. The zero-order chi connectivity index (χ0) is 26.9. The first-order valence-electron chi connectivity index (χ1n) is 13.6. The minimum atomic E-state index is -0.433. The van der Waals surface area contributed by atoms with E-state index >= 15 is 0 Å². The molecule has 2 aliphatic heterocycles. The van der Waals surface area contributed by atoms with Crippen molar-refractivity contribution in [3.63, 3.8) is 0 Å². The van der Waals surface area contributed by atoms with E-state index < -0.39 is 5.41 Å². The van der Waals surface area contributed by atoms with Crippen molar-refractivity contribution in [3.8, 4) is 0 Å². The van der Waals surface area contributed by atoms with E-state index in [0.29, 0.717) is 29.4 Å². The van der Waals surface area contributed by atoms with E-state index in [-0.39, 0.29) is 29.1 Å². The third-order valence-corrected chi connectivity index (χ3v) is 9.27. The highest BCUT2D eigenvalue weighted by atomic mass is 35.5. The second-order valence-corrected chi connectivity index (χ2v) is 12.2. The fourth-order valence-electron chi connectivity index (χ4n) is 6.83. The number of halogens is 2. The number of hydrogen-bond acceptors (Lipinski definition) is 4. The predicted octanol–water partition coefficient (Wildman–Crippen LogP) is 6.17. The standard InChI is InChI=1S/C15H19ClN2O.C15H16ClNO2/c16-11-3-1-5-13(9-11)18-8-7-15(14(18)19)6-2-4-12(17)10-15;16-11-3-1-4-12(9-11)17-8-7-15(14(17)19)6-2-5-13(18)10-15/h1,3,5,9,12H,2,4,6-8,10,17H2;1,3-4,9H,2,5-8,10H2. The second kappa shape index (κ2) is 11.0. The first-order valence-corrected chi connectivity index (χ1v) is 14.4. The lowest BCUT2D eigenvalue weighted by atomic mass is 9.71. The number of hydrogen-bond donors (Lipinski definition) is 1. The van der Waals surface area contributed by atoms with Crippen LogP contribution in [0.4, 0.5) is 11.4 Å². The van der Waals surface area contributed by atoms with Gasteiger partial charge in [-0.2, -0.15) is 0 Å². The summed E-state index contributed by atoms with van der Waals surface area (Å²) in [6.07, 6.45) is 8.37. The number of amides is 2. The molecule has 4 fully saturated rings. The van der Waals surface area contributed by atoms with Crippen molar-refractivity contribution in [2.75, 3.05) is 22.9 Å². The molecule has 0 aromatic heterocycles. The molecule has 3 unspecified atom stereocenters. The summed E-state index contributed by atoms with van der Waals surface area (Å²) in [5, 5.41) is 1.30. The third kappa shape index (κ3) is 5.36. The maximum atomic E-state index is 12.8. The molecule has 2 aromatic rings. The summed E-state index contributed by atoms with van der Waals surface area (Å²) in [5.41, 5.74) is 7.18. The Balaban J connectivity index is 0.000000155. The summed E-state index contributed by atoms with van der Waals surface area (Å²) in [6, 6.07) is 15.1. The van der Waals surface area contributed by atoms with Crippen molar-refractivity contribution in [1.29, 1.82) is 0 Å². The average molecular weight is 557 g/mol. The maximum Gasteiger partial charge on any atom is 0.233 e. The van der Waals surface area contributed by atoms with Gasteiger partial charge in [-0.3, -0.25) is 14.4 Å². The summed E-state index contributed by atoms with van der Waals surface area (Å²) in [4.78, 5) is 40.8. The van der Waals surface area contributed by atoms with Crippen LogP contribution in [-0.4, -0.2) is 36.7 Å². The van der Waals surface area contributed by atoms with Crippen LogP contribution >= 0.6 is 23.2 Å². The summed E-state index contributed by atoms with van der Waals surface area (Å²) in [6.45, 7) is 1.47. The third-order valence-electron chi connectivity index (χ3n) is 8.80. The molecule has 4 aliphatic rings. The topological polar surface area (TPSA) is 83.7 Å². The molecule has 6 rings (SSSR count). The van der Waals surface area contributed by atoms with E-state index in [9.17, 15) is 14.4 Å². The summed E-state index contributed by atoms with van der Waals surface area (Å²) in [5.74, 6) is 0.570. The van der Waals surface area contributed by atoms with Crippen molar-refractivity contribution < 1.29 is 14.4 Å². The smallest absolute Gasteiger partial charge is 0.233 e. The van der Waals surface area contributed by atoms with Gasteiger partial charge in [0.1, 0.15) is 5.78 Å². The van der Waals surface area contributed by atoms with E-state index in [1.54, 1.807) is 11.0 Å². The van der Waals surface area contributed by atoms with E-state index in [2.05, 4.69) is 0 Å². The first-order chi connectivity index (χ1) is 18.2. The number of ketones is 1. The van der Waals surface area contributed by atoms with Crippen LogP contribution in [0.2, 0.25) is 10.0 Å². The first kappa shape index (κ1) is 27.2. The Morgan fingerprint density at radius 2 is 1.32 bits per heavy atom. The van der Waals surface area contributed by atoms with Gasteiger partial charge in [-0.1, -0.05) is 41.8 Å². The van der Waals surface area contributed by atoms with E-state index in [0.717, 1.165) is 69.3 Å². The average Bonchev–Trinajstić information content (AvgIpc) is 3.35. The van der Waals surface area contributed by atoms with Crippen LogP contribution in [0.1, 0.15) is 64.2 Å². The minimum Gasteiger partial charge on any atom is -0.328 e. The van der Waals surface area contributed by atoms with Gasteiger partial charge < -0.3 is 15.5 Å². The zero-order valence-corrected chi connectivity index (χ0v) is 23.1. The molecule has 8 heteroatoms. The normalized spacial score (nSPS) is 29.2. The Hall–Kier alpha value is -2.41. The Morgan fingerprint density at radius 3 is 1.87 bits per heavy atom. The molecular formula is C30H35Cl2N3O3. The molecular weight excluding hydrogens is 521 g/mol. The molecule has 6 nitrogen and oxygen atoms in total. The van der Waals surface area contributed by atoms with Crippen LogP contribution in [0.3, 0.4) is 0 Å². The Morgan fingerprint density at radius 1 is 0.763 bits per heavy atom. The van der Waals surface area contributed by atoms with Gasteiger partial charge in [0.15, 0.2) is 0 Å². The summed E-state index contributed by atoms with van der Waals surface area (Å²) in [7, 11) is 0. The zero-order valence-electron chi connectivity index (χ0n) is 21.6. The highest BCUT2D eigenvalue weighted by Crippen LogP contribution is 2.46. The molecule has 2 spiro atoms. The molecule has 38 heavy (non-hydrogen) atoms. The van der Waals surface area contributed by atoms with Gasteiger partial charge in [0.25, 0.3) is 0 Å². The monoisotopic (exact) mass is 555 g/mol. The van der Waals surface area contributed by atoms with Gasteiger partial charge >= 0.3 is 0 Å². The molecule has 202 valence electrons. The predicted molar refractivity (Wildman–Crippen MR) is 152 cm³/mol. The fraction of sp³-hybridized carbons (Fsp3) is 0.500. The van der Waals surface area contributed by atoms with Crippen LogP contribution in [-0.2, 0) is 14.4 Å². The van der Waals surface area contributed by atoms with Crippen LogP contribution < -0.4 is 15.5 Å². The van der Waals surface area contributed by atoms with Crippen molar-refractivity contribution in [3.05, 3.63) is 58.6 Å². The molecule has 2 amide bonds. The number of nitrogens with zero attached hydrogens (tertiary/aromatic N) is 2. The molecule has 2 aromatic carbocycles. The maximum absolute atomic E-state index is 12.8. The quantitative estimate of drug-likeness (QED) is 0.480. The lowest BCUT2D eigenvalue weighted by molar-refractivity contribution is -0.134.